The number of nitrogens with one attached hydrogen (secondary N) is 1. The Morgan fingerprint density at radius 2 is 2.14 bits per heavy atom. The Hall–Kier alpha value is -0.610. The second kappa shape index (κ2) is 5.32. The maximum Gasteiger partial charge on any atom is 0.246 e. The number of hydrogen-bond acceptors (Lipinski definition) is 3. The zero-order valence-electron chi connectivity index (χ0n) is 8.71. The van der Waals surface area contributed by atoms with Crippen molar-refractivity contribution in [2.24, 2.45) is 5.41 Å². The van der Waals surface area contributed by atoms with Crippen LogP contribution in [0.2, 0.25) is 0 Å². The maximum atomic E-state index is 11.1. The van der Waals surface area contributed by atoms with Crippen LogP contribution in [0.3, 0.4) is 0 Å². The molecule has 4 heteroatoms. The van der Waals surface area contributed by atoms with E-state index in [4.69, 9.17) is 4.74 Å². The number of carbonyl (C=O) groups is 1. The minimum Gasteiger partial charge on any atom is -0.396 e. The average Bonchev–Trinajstić information content (AvgIpc) is 2.65. The fourth-order valence-electron chi connectivity index (χ4n) is 1.98. The van der Waals surface area contributed by atoms with Gasteiger partial charge in [-0.05, 0) is 12.8 Å². The lowest BCUT2D eigenvalue weighted by atomic mass is 9.87. The number of rotatable bonds is 5. The van der Waals surface area contributed by atoms with Crippen LogP contribution in [-0.2, 0) is 9.53 Å². The molecule has 0 radical (unpaired) electrons. The lowest BCUT2D eigenvalue weighted by Gasteiger charge is -2.26. The van der Waals surface area contributed by atoms with Crippen molar-refractivity contribution in [2.45, 2.75) is 25.7 Å². The van der Waals surface area contributed by atoms with Gasteiger partial charge in [0, 0.05) is 19.1 Å². The quantitative estimate of drug-likeness (QED) is 0.672. The SMILES string of the molecule is COCC(=O)NCC1(CO)CCCC1. The third-order valence-electron chi connectivity index (χ3n) is 2.94. The largest absolute Gasteiger partial charge is 0.396 e. The van der Waals surface area contributed by atoms with Crippen molar-refractivity contribution < 1.29 is 14.6 Å². The minimum atomic E-state index is -0.104. The first-order valence-electron chi connectivity index (χ1n) is 5.09. The van der Waals surface area contributed by atoms with E-state index in [-0.39, 0.29) is 24.5 Å². The van der Waals surface area contributed by atoms with E-state index in [1.54, 1.807) is 0 Å². The topological polar surface area (TPSA) is 58.6 Å². The first-order chi connectivity index (χ1) is 6.72. The van der Waals surface area contributed by atoms with Gasteiger partial charge in [0.1, 0.15) is 6.61 Å². The number of aliphatic hydroxyl groups excluding tert-OH is 1. The molecule has 2 N–H and O–H groups in total. The first kappa shape index (κ1) is 11.5. The van der Waals surface area contributed by atoms with Crippen molar-refractivity contribution in [3.8, 4) is 0 Å². The van der Waals surface area contributed by atoms with Gasteiger partial charge in [0.15, 0.2) is 0 Å². The molecule has 4 nitrogen and oxygen atoms in total. The summed E-state index contributed by atoms with van der Waals surface area (Å²) in [6.45, 7) is 0.841. The standard InChI is InChI=1S/C10H19NO3/c1-14-6-9(13)11-7-10(8-12)4-2-3-5-10/h12H,2-8H2,1H3,(H,11,13). The van der Waals surface area contributed by atoms with Gasteiger partial charge in [-0.25, -0.2) is 0 Å². The number of ether oxygens (including phenoxy) is 1. The van der Waals surface area contributed by atoms with Crippen LogP contribution in [0, 0.1) is 5.41 Å². The van der Waals surface area contributed by atoms with Gasteiger partial charge in [0.2, 0.25) is 5.91 Å². The molecule has 0 atom stereocenters. The monoisotopic (exact) mass is 201 g/mol. The number of aliphatic hydroxyl groups is 1. The molecule has 1 saturated carbocycles. The second-order valence-electron chi connectivity index (χ2n) is 4.07. The van der Waals surface area contributed by atoms with Gasteiger partial charge in [0.05, 0.1) is 6.61 Å². The Bertz CT molecular complexity index is 188. The molecule has 0 aromatic rings. The van der Waals surface area contributed by atoms with E-state index in [2.05, 4.69) is 5.32 Å². The van der Waals surface area contributed by atoms with Crippen LogP contribution in [0.5, 0.6) is 0 Å². The Balaban J connectivity index is 2.30. The highest BCUT2D eigenvalue weighted by molar-refractivity contribution is 5.77. The van der Waals surface area contributed by atoms with E-state index in [0.29, 0.717) is 6.54 Å². The summed E-state index contributed by atoms with van der Waals surface area (Å²) < 4.78 is 4.71. The highest BCUT2D eigenvalue weighted by atomic mass is 16.5. The lowest BCUT2D eigenvalue weighted by Crippen LogP contribution is -2.39. The molecule has 1 aliphatic rings. The van der Waals surface area contributed by atoms with Crippen molar-refractivity contribution in [1.29, 1.82) is 0 Å². The molecule has 0 unspecified atom stereocenters. The molecule has 0 saturated heterocycles. The zero-order chi connectivity index (χ0) is 10.4. The normalized spacial score (nSPS) is 19.6. The van der Waals surface area contributed by atoms with Gasteiger partial charge >= 0.3 is 0 Å². The summed E-state index contributed by atoms with van der Waals surface area (Å²) in [7, 11) is 1.50. The van der Waals surface area contributed by atoms with Gasteiger partial charge in [-0.2, -0.15) is 0 Å². The predicted octanol–water partition coefficient (Wildman–Crippen LogP) is 0.302. The highest BCUT2D eigenvalue weighted by Crippen LogP contribution is 2.36. The van der Waals surface area contributed by atoms with Crippen LogP contribution in [0.4, 0.5) is 0 Å². The molecule has 82 valence electrons. The molecule has 1 amide bonds. The molecule has 0 heterocycles. The van der Waals surface area contributed by atoms with Crippen molar-refractivity contribution in [2.75, 3.05) is 26.9 Å². The summed E-state index contributed by atoms with van der Waals surface area (Å²) in [6, 6.07) is 0. The third kappa shape index (κ3) is 2.96. The molecule has 0 bridgehead atoms. The van der Waals surface area contributed by atoms with Gasteiger partial charge in [-0.15, -0.1) is 0 Å². The first-order valence-corrected chi connectivity index (χ1v) is 5.09. The van der Waals surface area contributed by atoms with E-state index >= 15 is 0 Å². The molecule has 0 aliphatic heterocycles. The van der Waals surface area contributed by atoms with E-state index in [1.165, 1.54) is 7.11 Å². The smallest absolute Gasteiger partial charge is 0.246 e. The summed E-state index contributed by atoms with van der Waals surface area (Å²) in [5.74, 6) is -0.104. The summed E-state index contributed by atoms with van der Waals surface area (Å²) in [5, 5.41) is 12.1. The highest BCUT2D eigenvalue weighted by Gasteiger charge is 2.33. The second-order valence-corrected chi connectivity index (χ2v) is 4.07. The third-order valence-corrected chi connectivity index (χ3v) is 2.94. The summed E-state index contributed by atoms with van der Waals surface area (Å²) in [6.07, 6.45) is 4.33. The van der Waals surface area contributed by atoms with E-state index in [9.17, 15) is 9.90 Å². The zero-order valence-corrected chi connectivity index (χ0v) is 8.71. The van der Waals surface area contributed by atoms with Gasteiger partial charge in [-0.1, -0.05) is 12.8 Å². The molecular formula is C10H19NO3. The number of methoxy groups -OCH3 is 1. The summed E-state index contributed by atoms with van der Waals surface area (Å²) in [4.78, 5) is 11.1. The fraction of sp³-hybridized carbons (Fsp3) is 0.900. The molecule has 0 aromatic carbocycles. The molecule has 0 spiro atoms. The lowest BCUT2D eigenvalue weighted by molar-refractivity contribution is -0.125. The Morgan fingerprint density at radius 1 is 1.50 bits per heavy atom. The Labute approximate surface area is 84.6 Å². The fourth-order valence-corrected chi connectivity index (χ4v) is 1.98. The van der Waals surface area contributed by atoms with Gasteiger partial charge < -0.3 is 15.2 Å². The van der Waals surface area contributed by atoms with E-state index in [1.807, 2.05) is 0 Å². The van der Waals surface area contributed by atoms with Crippen molar-refractivity contribution in [3.63, 3.8) is 0 Å². The molecule has 1 aliphatic carbocycles. The number of carbonyl (C=O) groups excluding carboxylic acids is 1. The molecule has 14 heavy (non-hydrogen) atoms. The molecule has 1 fully saturated rings. The van der Waals surface area contributed by atoms with Crippen molar-refractivity contribution >= 4 is 5.91 Å². The molecule has 0 aromatic heterocycles. The van der Waals surface area contributed by atoms with E-state index in [0.717, 1.165) is 25.7 Å². The number of amides is 1. The minimum absolute atomic E-state index is 0.0661. The van der Waals surface area contributed by atoms with Crippen molar-refractivity contribution in [1.82, 2.24) is 5.32 Å². The van der Waals surface area contributed by atoms with Gasteiger partial charge in [0.25, 0.3) is 0 Å². The maximum absolute atomic E-state index is 11.1. The van der Waals surface area contributed by atoms with Crippen molar-refractivity contribution in [3.05, 3.63) is 0 Å². The Morgan fingerprint density at radius 3 is 2.64 bits per heavy atom. The summed E-state index contributed by atoms with van der Waals surface area (Å²) in [5.41, 5.74) is -0.0661. The molecular weight excluding hydrogens is 182 g/mol. The van der Waals surface area contributed by atoms with Crippen LogP contribution in [0.25, 0.3) is 0 Å². The molecule has 1 rings (SSSR count). The van der Waals surface area contributed by atoms with E-state index < -0.39 is 0 Å². The van der Waals surface area contributed by atoms with Crippen LogP contribution < -0.4 is 5.32 Å². The predicted molar refractivity (Wildman–Crippen MR) is 52.9 cm³/mol. The Kier molecular flexibility index (Phi) is 4.35. The van der Waals surface area contributed by atoms with Crippen LogP contribution in [-0.4, -0.2) is 37.9 Å². The summed E-state index contributed by atoms with van der Waals surface area (Å²) >= 11 is 0. The van der Waals surface area contributed by atoms with Crippen LogP contribution >= 0.6 is 0 Å². The average molecular weight is 201 g/mol. The van der Waals surface area contributed by atoms with Gasteiger partial charge in [-0.3, -0.25) is 4.79 Å². The van der Waals surface area contributed by atoms with Crippen LogP contribution in [0.1, 0.15) is 25.7 Å². The number of hydrogen-bond donors (Lipinski definition) is 2. The van der Waals surface area contributed by atoms with Crippen LogP contribution in [0.15, 0.2) is 0 Å².